The summed E-state index contributed by atoms with van der Waals surface area (Å²) in [6, 6.07) is 10.6. The summed E-state index contributed by atoms with van der Waals surface area (Å²) in [5.74, 6) is 0.0219. The molecule has 0 aromatic heterocycles. The van der Waals surface area contributed by atoms with E-state index in [0.29, 0.717) is 28.8 Å². The lowest BCUT2D eigenvalue weighted by Gasteiger charge is -2.18. The highest BCUT2D eigenvalue weighted by Crippen LogP contribution is 2.36. The first-order valence-corrected chi connectivity index (χ1v) is 9.38. The molecule has 0 saturated carbocycles. The van der Waals surface area contributed by atoms with Crippen molar-refractivity contribution in [2.75, 3.05) is 31.0 Å². The average molecular weight is 454 g/mol. The average Bonchev–Trinajstić information content (AvgIpc) is 3.04. The molecular formula is C19H18BrClN2O4. The van der Waals surface area contributed by atoms with Gasteiger partial charge in [-0.3, -0.25) is 9.59 Å². The summed E-state index contributed by atoms with van der Waals surface area (Å²) < 4.78 is 11.3. The summed E-state index contributed by atoms with van der Waals surface area (Å²) >= 11 is 9.49. The smallest absolute Gasteiger partial charge is 0.229 e. The van der Waals surface area contributed by atoms with Crippen molar-refractivity contribution in [2.45, 2.75) is 6.42 Å². The molecule has 2 aromatic rings. The SMILES string of the molecule is COc1cc(NC(=O)C2CC(=O)N(c3cccc(Br)c3)C2)c(OC)cc1Cl. The molecule has 8 heteroatoms. The fourth-order valence-electron chi connectivity index (χ4n) is 2.97. The standard InChI is InChI=1S/C19H18BrClN2O4/c1-26-16-9-15(17(27-2)8-14(16)21)22-19(25)11-6-18(24)23(10-11)13-5-3-4-12(20)7-13/h3-5,7-9,11H,6,10H2,1-2H3,(H,22,25). The first kappa shape index (κ1) is 19.5. The molecule has 27 heavy (non-hydrogen) atoms. The molecule has 3 rings (SSSR count). The lowest BCUT2D eigenvalue weighted by atomic mass is 10.1. The van der Waals surface area contributed by atoms with Gasteiger partial charge in [0, 0.05) is 35.3 Å². The third kappa shape index (κ3) is 4.20. The Hall–Kier alpha value is -2.25. The van der Waals surface area contributed by atoms with Crippen LogP contribution in [0.4, 0.5) is 11.4 Å². The van der Waals surface area contributed by atoms with Crippen molar-refractivity contribution < 1.29 is 19.1 Å². The predicted octanol–water partition coefficient (Wildman–Crippen LogP) is 4.11. The van der Waals surface area contributed by atoms with E-state index in [9.17, 15) is 9.59 Å². The highest BCUT2D eigenvalue weighted by molar-refractivity contribution is 9.10. The van der Waals surface area contributed by atoms with Crippen LogP contribution in [0.25, 0.3) is 0 Å². The zero-order chi connectivity index (χ0) is 19.6. The van der Waals surface area contributed by atoms with E-state index in [-0.39, 0.29) is 18.2 Å². The maximum Gasteiger partial charge on any atom is 0.229 e. The van der Waals surface area contributed by atoms with E-state index in [0.717, 1.165) is 10.2 Å². The molecule has 0 aliphatic carbocycles. The number of methoxy groups -OCH3 is 2. The molecule has 1 atom stereocenters. The van der Waals surface area contributed by atoms with Gasteiger partial charge in [-0.25, -0.2) is 0 Å². The zero-order valence-electron chi connectivity index (χ0n) is 14.8. The summed E-state index contributed by atoms with van der Waals surface area (Å²) in [5.41, 5.74) is 1.20. The van der Waals surface area contributed by atoms with E-state index in [4.69, 9.17) is 21.1 Å². The number of hydrogen-bond acceptors (Lipinski definition) is 4. The number of carbonyl (C=O) groups is 2. The van der Waals surface area contributed by atoms with Gasteiger partial charge in [0.2, 0.25) is 11.8 Å². The largest absolute Gasteiger partial charge is 0.495 e. The summed E-state index contributed by atoms with van der Waals surface area (Å²) in [4.78, 5) is 26.7. The van der Waals surface area contributed by atoms with Gasteiger partial charge in [-0.15, -0.1) is 0 Å². The second kappa shape index (κ2) is 8.19. The summed E-state index contributed by atoms with van der Waals surface area (Å²) in [7, 11) is 2.98. The molecule has 0 radical (unpaired) electrons. The van der Waals surface area contributed by atoms with Gasteiger partial charge in [0.1, 0.15) is 11.5 Å². The van der Waals surface area contributed by atoms with Crippen molar-refractivity contribution >= 4 is 50.7 Å². The Morgan fingerprint density at radius 3 is 2.63 bits per heavy atom. The molecule has 1 fully saturated rings. The Morgan fingerprint density at radius 1 is 1.22 bits per heavy atom. The van der Waals surface area contributed by atoms with Crippen molar-refractivity contribution in [2.24, 2.45) is 5.92 Å². The van der Waals surface area contributed by atoms with Crippen molar-refractivity contribution in [1.82, 2.24) is 0 Å². The first-order valence-electron chi connectivity index (χ1n) is 8.21. The Balaban J connectivity index is 1.77. The van der Waals surface area contributed by atoms with Crippen molar-refractivity contribution in [3.05, 3.63) is 45.9 Å². The predicted molar refractivity (Wildman–Crippen MR) is 108 cm³/mol. The van der Waals surface area contributed by atoms with E-state index in [1.807, 2.05) is 24.3 Å². The quantitative estimate of drug-likeness (QED) is 0.740. The van der Waals surface area contributed by atoms with Gasteiger partial charge < -0.3 is 19.7 Å². The summed E-state index contributed by atoms with van der Waals surface area (Å²) in [5, 5.41) is 3.20. The fourth-order valence-corrected chi connectivity index (χ4v) is 3.59. The number of hydrogen-bond donors (Lipinski definition) is 1. The molecule has 0 bridgehead atoms. The van der Waals surface area contributed by atoms with Crippen molar-refractivity contribution in [3.8, 4) is 11.5 Å². The van der Waals surface area contributed by atoms with Crippen LogP contribution in [0.3, 0.4) is 0 Å². The van der Waals surface area contributed by atoms with E-state index in [2.05, 4.69) is 21.2 Å². The molecule has 1 aliphatic rings. The molecule has 6 nitrogen and oxygen atoms in total. The number of carbonyl (C=O) groups excluding carboxylic acids is 2. The van der Waals surface area contributed by atoms with E-state index in [1.165, 1.54) is 14.2 Å². The lowest BCUT2D eigenvalue weighted by molar-refractivity contribution is -0.122. The maximum atomic E-state index is 12.7. The number of benzene rings is 2. The fraction of sp³-hybridized carbons (Fsp3) is 0.263. The van der Waals surface area contributed by atoms with Crippen LogP contribution in [-0.4, -0.2) is 32.6 Å². The number of anilines is 2. The molecule has 0 spiro atoms. The summed E-state index contributed by atoms with van der Waals surface area (Å²) in [6.07, 6.45) is 0.144. The minimum Gasteiger partial charge on any atom is -0.495 e. The van der Waals surface area contributed by atoms with Gasteiger partial charge in [0.15, 0.2) is 0 Å². The van der Waals surface area contributed by atoms with Gasteiger partial charge in [0.25, 0.3) is 0 Å². The van der Waals surface area contributed by atoms with Gasteiger partial charge >= 0.3 is 0 Å². The normalized spacial score (nSPS) is 16.4. The van der Waals surface area contributed by atoms with E-state index in [1.54, 1.807) is 17.0 Å². The van der Waals surface area contributed by atoms with Crippen molar-refractivity contribution in [3.63, 3.8) is 0 Å². The Bertz CT molecular complexity index is 890. The van der Waals surface area contributed by atoms with Crippen LogP contribution in [0, 0.1) is 5.92 Å². The lowest BCUT2D eigenvalue weighted by Crippen LogP contribution is -2.28. The first-order chi connectivity index (χ1) is 12.9. The highest BCUT2D eigenvalue weighted by Gasteiger charge is 2.35. The molecule has 1 aliphatic heterocycles. The van der Waals surface area contributed by atoms with Crippen LogP contribution < -0.4 is 19.7 Å². The van der Waals surface area contributed by atoms with Gasteiger partial charge in [-0.2, -0.15) is 0 Å². The third-order valence-corrected chi connectivity index (χ3v) is 5.14. The topological polar surface area (TPSA) is 67.9 Å². The molecule has 2 amide bonds. The minimum absolute atomic E-state index is 0.0890. The minimum atomic E-state index is -0.470. The highest BCUT2D eigenvalue weighted by atomic mass is 79.9. The second-order valence-electron chi connectivity index (χ2n) is 6.06. The molecule has 1 saturated heterocycles. The van der Waals surface area contributed by atoms with Crippen LogP contribution in [0.1, 0.15) is 6.42 Å². The second-order valence-corrected chi connectivity index (χ2v) is 7.38. The summed E-state index contributed by atoms with van der Waals surface area (Å²) in [6.45, 7) is 0.314. The number of rotatable bonds is 5. The Kier molecular flexibility index (Phi) is 5.92. The van der Waals surface area contributed by atoms with Crippen molar-refractivity contribution in [1.29, 1.82) is 0 Å². The zero-order valence-corrected chi connectivity index (χ0v) is 17.1. The third-order valence-electron chi connectivity index (χ3n) is 4.35. The number of halogens is 2. The molecule has 1 unspecified atom stereocenters. The van der Waals surface area contributed by atoms with Crippen LogP contribution in [0.15, 0.2) is 40.9 Å². The molecule has 1 heterocycles. The van der Waals surface area contributed by atoms with Gasteiger partial charge in [-0.05, 0) is 18.2 Å². The number of nitrogens with one attached hydrogen (secondary N) is 1. The number of amides is 2. The Labute approximate surface area is 170 Å². The van der Waals surface area contributed by atoms with Crippen LogP contribution >= 0.6 is 27.5 Å². The van der Waals surface area contributed by atoms with Gasteiger partial charge in [-0.1, -0.05) is 33.6 Å². The molecule has 142 valence electrons. The van der Waals surface area contributed by atoms with Gasteiger partial charge in [0.05, 0.1) is 30.8 Å². The monoisotopic (exact) mass is 452 g/mol. The molecule has 1 N–H and O–H groups in total. The van der Waals surface area contributed by atoms with E-state index >= 15 is 0 Å². The Morgan fingerprint density at radius 2 is 1.96 bits per heavy atom. The van der Waals surface area contributed by atoms with Crippen LogP contribution in [0.2, 0.25) is 5.02 Å². The number of ether oxygens (including phenoxy) is 2. The van der Waals surface area contributed by atoms with E-state index < -0.39 is 5.92 Å². The number of nitrogens with zero attached hydrogens (tertiary/aromatic N) is 1. The molecular weight excluding hydrogens is 436 g/mol. The van der Waals surface area contributed by atoms with Crippen LogP contribution in [0.5, 0.6) is 11.5 Å². The van der Waals surface area contributed by atoms with Crippen LogP contribution in [-0.2, 0) is 9.59 Å². The maximum absolute atomic E-state index is 12.7. The molecule has 2 aromatic carbocycles.